The Bertz CT molecular complexity index is 326. The van der Waals surface area contributed by atoms with Crippen molar-refractivity contribution in [3.8, 4) is 6.07 Å². The van der Waals surface area contributed by atoms with Gasteiger partial charge in [0.05, 0.1) is 12.1 Å². The SMILES string of the molecule is N#CC1CCCN1Cc1ccccc1. The van der Waals surface area contributed by atoms with Gasteiger partial charge in [-0.2, -0.15) is 5.26 Å². The van der Waals surface area contributed by atoms with Crippen LogP contribution >= 0.6 is 0 Å². The third kappa shape index (κ3) is 1.94. The monoisotopic (exact) mass is 186 g/mol. The number of nitrogens with zero attached hydrogens (tertiary/aromatic N) is 2. The van der Waals surface area contributed by atoms with Gasteiger partial charge in [-0.15, -0.1) is 0 Å². The fourth-order valence-corrected chi connectivity index (χ4v) is 1.98. The first-order chi connectivity index (χ1) is 6.90. The molecule has 1 aromatic carbocycles. The maximum absolute atomic E-state index is 8.92. The minimum atomic E-state index is 0.134. The summed E-state index contributed by atoms with van der Waals surface area (Å²) < 4.78 is 0. The fraction of sp³-hybridized carbons (Fsp3) is 0.417. The Morgan fingerprint density at radius 2 is 2.14 bits per heavy atom. The summed E-state index contributed by atoms with van der Waals surface area (Å²) in [5, 5.41) is 8.92. The average molecular weight is 186 g/mol. The summed E-state index contributed by atoms with van der Waals surface area (Å²) in [6, 6.07) is 12.9. The second-order valence-corrected chi connectivity index (χ2v) is 3.74. The van der Waals surface area contributed by atoms with E-state index in [4.69, 9.17) is 5.26 Å². The molecule has 2 nitrogen and oxygen atoms in total. The molecule has 0 aliphatic carbocycles. The molecule has 0 amide bonds. The van der Waals surface area contributed by atoms with Crippen molar-refractivity contribution in [3.63, 3.8) is 0 Å². The maximum Gasteiger partial charge on any atom is 0.0981 e. The molecule has 14 heavy (non-hydrogen) atoms. The van der Waals surface area contributed by atoms with Crippen molar-refractivity contribution in [2.24, 2.45) is 0 Å². The topological polar surface area (TPSA) is 27.0 Å². The van der Waals surface area contributed by atoms with Crippen LogP contribution in [0.2, 0.25) is 0 Å². The normalized spacial score (nSPS) is 22.1. The molecular weight excluding hydrogens is 172 g/mol. The van der Waals surface area contributed by atoms with Crippen molar-refractivity contribution >= 4 is 0 Å². The van der Waals surface area contributed by atoms with Crippen molar-refractivity contribution in [3.05, 3.63) is 35.9 Å². The molecule has 0 aromatic heterocycles. The van der Waals surface area contributed by atoms with Crippen molar-refractivity contribution in [1.82, 2.24) is 4.90 Å². The van der Waals surface area contributed by atoms with Gasteiger partial charge in [-0.25, -0.2) is 0 Å². The number of hydrogen-bond donors (Lipinski definition) is 0. The van der Waals surface area contributed by atoms with Crippen LogP contribution in [0.15, 0.2) is 30.3 Å². The minimum Gasteiger partial charge on any atom is -0.284 e. The van der Waals surface area contributed by atoms with Crippen LogP contribution in [-0.4, -0.2) is 17.5 Å². The van der Waals surface area contributed by atoms with Crippen LogP contribution in [0.3, 0.4) is 0 Å². The first-order valence-electron chi connectivity index (χ1n) is 5.08. The Balaban J connectivity index is 2.01. The second-order valence-electron chi connectivity index (χ2n) is 3.74. The van der Waals surface area contributed by atoms with Crippen LogP contribution in [0.25, 0.3) is 0 Å². The molecule has 0 saturated carbocycles. The standard InChI is InChI=1S/C12H14N2/c13-9-12-7-4-8-14(12)10-11-5-2-1-3-6-11/h1-3,5-6,12H,4,7-8,10H2. The molecule has 1 aromatic rings. The van der Waals surface area contributed by atoms with Crippen LogP contribution in [0.1, 0.15) is 18.4 Å². The molecule has 0 radical (unpaired) electrons. The molecule has 1 fully saturated rings. The van der Waals surface area contributed by atoms with Gasteiger partial charge in [-0.1, -0.05) is 30.3 Å². The van der Waals surface area contributed by atoms with E-state index in [2.05, 4.69) is 23.1 Å². The number of benzene rings is 1. The van der Waals surface area contributed by atoms with Gasteiger partial charge in [0.25, 0.3) is 0 Å². The van der Waals surface area contributed by atoms with E-state index in [1.165, 1.54) is 5.56 Å². The predicted octanol–water partition coefficient (Wildman–Crippen LogP) is 2.17. The van der Waals surface area contributed by atoms with Crippen molar-refractivity contribution in [1.29, 1.82) is 5.26 Å². The summed E-state index contributed by atoms with van der Waals surface area (Å²) in [5.41, 5.74) is 1.30. The molecule has 1 aliphatic heterocycles. The molecule has 1 unspecified atom stereocenters. The Morgan fingerprint density at radius 1 is 1.36 bits per heavy atom. The number of rotatable bonds is 2. The molecule has 1 aliphatic rings. The largest absolute Gasteiger partial charge is 0.284 e. The zero-order valence-corrected chi connectivity index (χ0v) is 8.19. The zero-order chi connectivity index (χ0) is 9.80. The van der Waals surface area contributed by atoms with Crippen molar-refractivity contribution < 1.29 is 0 Å². The lowest BCUT2D eigenvalue weighted by Gasteiger charge is -2.18. The fourth-order valence-electron chi connectivity index (χ4n) is 1.98. The van der Waals surface area contributed by atoms with Crippen LogP contribution in [0.5, 0.6) is 0 Å². The van der Waals surface area contributed by atoms with E-state index in [-0.39, 0.29) is 6.04 Å². The lowest BCUT2D eigenvalue weighted by atomic mass is 10.2. The molecule has 1 atom stereocenters. The van der Waals surface area contributed by atoms with Gasteiger partial charge < -0.3 is 0 Å². The molecule has 1 heterocycles. The highest BCUT2D eigenvalue weighted by atomic mass is 15.2. The van der Waals surface area contributed by atoms with Gasteiger partial charge in [-0.3, -0.25) is 4.90 Å². The molecule has 2 rings (SSSR count). The predicted molar refractivity (Wildman–Crippen MR) is 55.5 cm³/mol. The van der Waals surface area contributed by atoms with Gasteiger partial charge >= 0.3 is 0 Å². The molecule has 2 heteroatoms. The number of likely N-dealkylation sites (tertiary alicyclic amines) is 1. The highest BCUT2D eigenvalue weighted by Gasteiger charge is 2.23. The smallest absolute Gasteiger partial charge is 0.0981 e. The van der Waals surface area contributed by atoms with E-state index in [0.29, 0.717) is 0 Å². The maximum atomic E-state index is 8.92. The van der Waals surface area contributed by atoms with Crippen LogP contribution in [-0.2, 0) is 6.54 Å². The molecule has 0 N–H and O–H groups in total. The van der Waals surface area contributed by atoms with Gasteiger partial charge in [0.2, 0.25) is 0 Å². The Kier molecular flexibility index (Phi) is 2.81. The summed E-state index contributed by atoms with van der Waals surface area (Å²) in [7, 11) is 0. The molecule has 0 bridgehead atoms. The van der Waals surface area contributed by atoms with Crippen LogP contribution < -0.4 is 0 Å². The van der Waals surface area contributed by atoms with Crippen LogP contribution in [0.4, 0.5) is 0 Å². The minimum absolute atomic E-state index is 0.134. The Labute approximate surface area is 84.8 Å². The van der Waals surface area contributed by atoms with E-state index >= 15 is 0 Å². The third-order valence-corrected chi connectivity index (χ3v) is 2.74. The van der Waals surface area contributed by atoms with Gasteiger partial charge in [0.1, 0.15) is 0 Å². The first-order valence-corrected chi connectivity index (χ1v) is 5.08. The van der Waals surface area contributed by atoms with Gasteiger partial charge in [0, 0.05) is 6.54 Å². The lowest BCUT2D eigenvalue weighted by Crippen LogP contribution is -2.27. The molecule has 0 spiro atoms. The Hall–Kier alpha value is -1.33. The second kappa shape index (κ2) is 4.26. The average Bonchev–Trinajstić information content (AvgIpc) is 2.67. The van der Waals surface area contributed by atoms with E-state index in [9.17, 15) is 0 Å². The molecule has 72 valence electrons. The highest BCUT2D eigenvalue weighted by molar-refractivity contribution is 5.15. The van der Waals surface area contributed by atoms with E-state index < -0.39 is 0 Å². The summed E-state index contributed by atoms with van der Waals surface area (Å²) in [5.74, 6) is 0. The van der Waals surface area contributed by atoms with E-state index in [1.807, 2.05) is 18.2 Å². The zero-order valence-electron chi connectivity index (χ0n) is 8.19. The quantitative estimate of drug-likeness (QED) is 0.707. The lowest BCUT2D eigenvalue weighted by molar-refractivity contribution is 0.286. The molecule has 1 saturated heterocycles. The highest BCUT2D eigenvalue weighted by Crippen LogP contribution is 2.18. The summed E-state index contributed by atoms with van der Waals surface area (Å²) in [6.45, 7) is 1.98. The van der Waals surface area contributed by atoms with Gasteiger partial charge in [-0.05, 0) is 24.9 Å². The molecular formula is C12H14N2. The first kappa shape index (κ1) is 9.23. The van der Waals surface area contributed by atoms with E-state index in [0.717, 1.165) is 25.9 Å². The van der Waals surface area contributed by atoms with Crippen molar-refractivity contribution in [2.75, 3.05) is 6.54 Å². The van der Waals surface area contributed by atoms with E-state index in [1.54, 1.807) is 0 Å². The summed E-state index contributed by atoms with van der Waals surface area (Å²) in [4.78, 5) is 2.26. The number of nitriles is 1. The number of hydrogen-bond acceptors (Lipinski definition) is 2. The summed E-state index contributed by atoms with van der Waals surface area (Å²) >= 11 is 0. The van der Waals surface area contributed by atoms with Gasteiger partial charge in [0.15, 0.2) is 0 Å². The Morgan fingerprint density at radius 3 is 2.86 bits per heavy atom. The third-order valence-electron chi connectivity index (χ3n) is 2.74. The summed E-state index contributed by atoms with van der Waals surface area (Å²) in [6.07, 6.45) is 2.19. The van der Waals surface area contributed by atoms with Crippen LogP contribution in [0, 0.1) is 11.3 Å². The van der Waals surface area contributed by atoms with Crippen molar-refractivity contribution in [2.45, 2.75) is 25.4 Å².